The lowest BCUT2D eigenvalue weighted by molar-refractivity contribution is 0.0830. The predicted octanol–water partition coefficient (Wildman–Crippen LogP) is 3.51. The Morgan fingerprint density at radius 1 is 1.19 bits per heavy atom. The van der Waals surface area contributed by atoms with Crippen LogP contribution in [0.3, 0.4) is 0 Å². The van der Waals surface area contributed by atoms with E-state index in [4.69, 9.17) is 9.26 Å². The highest BCUT2D eigenvalue weighted by molar-refractivity contribution is 5.89. The summed E-state index contributed by atoms with van der Waals surface area (Å²) in [6, 6.07) is 5.84. The molecule has 1 N–H and O–H groups in total. The number of ether oxygens (including phenoxy) is 1. The first-order chi connectivity index (χ1) is 13.2. The van der Waals surface area contributed by atoms with E-state index in [1.807, 2.05) is 0 Å². The van der Waals surface area contributed by atoms with E-state index in [2.05, 4.69) is 15.5 Å². The summed E-state index contributed by atoms with van der Waals surface area (Å²) in [6.45, 7) is 2.55. The number of carbonyl (C=O) groups excluding carboxylic acids is 1. The van der Waals surface area contributed by atoms with Crippen molar-refractivity contribution in [3.05, 3.63) is 41.8 Å². The van der Waals surface area contributed by atoms with Gasteiger partial charge < -0.3 is 19.5 Å². The Morgan fingerprint density at radius 2 is 2.00 bits per heavy atom. The summed E-state index contributed by atoms with van der Waals surface area (Å²) in [6.07, 6.45) is 3.53. The number of piperidine rings is 1. The van der Waals surface area contributed by atoms with Crippen LogP contribution in [0.5, 0.6) is 0 Å². The molecule has 0 bridgehead atoms. The average Bonchev–Trinajstić information content (AvgIpc) is 3.21. The Labute approximate surface area is 156 Å². The largest absolute Gasteiger partial charge is 0.381 e. The fourth-order valence-electron chi connectivity index (χ4n) is 3.65. The Morgan fingerprint density at radius 3 is 2.81 bits per heavy atom. The maximum absolute atomic E-state index is 13.8. The van der Waals surface area contributed by atoms with Crippen molar-refractivity contribution in [2.75, 3.05) is 31.6 Å². The second-order valence-corrected chi connectivity index (χ2v) is 7.07. The molecule has 2 aliphatic rings. The zero-order chi connectivity index (χ0) is 18.6. The molecule has 2 amide bonds. The molecule has 1 aromatic carbocycles. The molecule has 0 spiro atoms. The van der Waals surface area contributed by atoms with Gasteiger partial charge in [0.2, 0.25) is 5.89 Å². The molecular formula is C19H23FN4O3. The number of carbonyl (C=O) groups is 1. The minimum absolute atomic E-state index is 0.00575. The van der Waals surface area contributed by atoms with Crippen LogP contribution in [-0.4, -0.2) is 47.4 Å². The molecule has 1 atom stereocenters. The molecule has 0 aliphatic carbocycles. The summed E-state index contributed by atoms with van der Waals surface area (Å²) in [5, 5.41) is 6.79. The summed E-state index contributed by atoms with van der Waals surface area (Å²) >= 11 is 0. The predicted molar refractivity (Wildman–Crippen MR) is 96.1 cm³/mol. The molecule has 2 aromatic rings. The van der Waals surface area contributed by atoms with Crippen molar-refractivity contribution in [2.45, 2.75) is 37.5 Å². The van der Waals surface area contributed by atoms with Gasteiger partial charge in [-0.25, -0.2) is 9.18 Å². The van der Waals surface area contributed by atoms with Crippen LogP contribution >= 0.6 is 0 Å². The molecule has 2 saturated heterocycles. The summed E-state index contributed by atoms with van der Waals surface area (Å²) in [7, 11) is 0. The molecule has 1 unspecified atom stereocenters. The van der Waals surface area contributed by atoms with Crippen molar-refractivity contribution >= 4 is 11.7 Å². The van der Waals surface area contributed by atoms with Gasteiger partial charge >= 0.3 is 6.03 Å². The van der Waals surface area contributed by atoms with Crippen LogP contribution in [0.4, 0.5) is 14.9 Å². The van der Waals surface area contributed by atoms with Gasteiger partial charge in [-0.15, -0.1) is 0 Å². The molecular weight excluding hydrogens is 351 g/mol. The third-order valence-electron chi connectivity index (χ3n) is 5.22. The lowest BCUT2D eigenvalue weighted by Crippen LogP contribution is -2.41. The number of nitrogens with one attached hydrogen (secondary N) is 1. The number of likely N-dealkylation sites (tertiary alicyclic amines) is 1. The number of nitrogens with zero attached hydrogens (tertiary/aromatic N) is 3. The van der Waals surface area contributed by atoms with Crippen molar-refractivity contribution in [1.29, 1.82) is 0 Å². The van der Waals surface area contributed by atoms with Crippen LogP contribution in [0.25, 0.3) is 0 Å². The van der Waals surface area contributed by atoms with Crippen molar-refractivity contribution < 1.29 is 18.4 Å². The molecule has 2 fully saturated rings. The van der Waals surface area contributed by atoms with E-state index in [0.717, 1.165) is 44.7 Å². The minimum Gasteiger partial charge on any atom is -0.381 e. The maximum atomic E-state index is 13.8. The molecule has 8 heteroatoms. The fraction of sp³-hybridized carbons (Fsp3) is 0.526. The third-order valence-corrected chi connectivity index (χ3v) is 5.22. The number of urea groups is 1. The van der Waals surface area contributed by atoms with Crippen LogP contribution in [0.1, 0.15) is 49.2 Å². The molecule has 27 heavy (non-hydrogen) atoms. The summed E-state index contributed by atoms with van der Waals surface area (Å²) in [4.78, 5) is 18.8. The summed E-state index contributed by atoms with van der Waals surface area (Å²) < 4.78 is 24.6. The standard InChI is InChI=1S/C19H23FN4O3/c20-15-5-1-2-6-16(15)21-19(25)24-9-3-4-14(12-24)18-22-17(23-27-18)13-7-10-26-11-8-13/h1-2,5-6,13-14H,3-4,7-12H2,(H,21,25). The Balaban J connectivity index is 1.40. The number of benzene rings is 1. The molecule has 4 rings (SSSR count). The van der Waals surface area contributed by atoms with Gasteiger partial charge in [0, 0.05) is 32.2 Å². The molecule has 7 nitrogen and oxygen atoms in total. The van der Waals surface area contributed by atoms with E-state index in [9.17, 15) is 9.18 Å². The monoisotopic (exact) mass is 374 g/mol. The number of amides is 2. The highest BCUT2D eigenvalue weighted by Gasteiger charge is 2.30. The van der Waals surface area contributed by atoms with Crippen molar-refractivity contribution in [1.82, 2.24) is 15.0 Å². The number of hydrogen-bond donors (Lipinski definition) is 1. The molecule has 1 aromatic heterocycles. The van der Waals surface area contributed by atoms with Crippen LogP contribution in [-0.2, 0) is 4.74 Å². The normalized spacial score (nSPS) is 21.2. The van der Waals surface area contributed by atoms with E-state index < -0.39 is 5.82 Å². The van der Waals surface area contributed by atoms with Crippen molar-refractivity contribution in [2.24, 2.45) is 0 Å². The number of aromatic nitrogens is 2. The lowest BCUT2D eigenvalue weighted by atomic mass is 9.97. The summed E-state index contributed by atoms with van der Waals surface area (Å²) in [5.41, 5.74) is 0.184. The highest BCUT2D eigenvalue weighted by atomic mass is 19.1. The van der Waals surface area contributed by atoms with Gasteiger partial charge in [0.25, 0.3) is 0 Å². The Kier molecular flexibility index (Phi) is 5.33. The van der Waals surface area contributed by atoms with E-state index in [1.54, 1.807) is 23.1 Å². The van der Waals surface area contributed by atoms with E-state index in [1.165, 1.54) is 6.07 Å². The molecule has 0 saturated carbocycles. The highest BCUT2D eigenvalue weighted by Crippen LogP contribution is 2.30. The smallest absolute Gasteiger partial charge is 0.321 e. The third kappa shape index (κ3) is 4.10. The van der Waals surface area contributed by atoms with E-state index in [-0.39, 0.29) is 23.6 Å². The number of halogens is 1. The van der Waals surface area contributed by atoms with Crippen molar-refractivity contribution in [3.8, 4) is 0 Å². The maximum Gasteiger partial charge on any atom is 0.321 e. The zero-order valence-corrected chi connectivity index (χ0v) is 15.1. The second kappa shape index (κ2) is 8.04. The lowest BCUT2D eigenvalue weighted by Gasteiger charge is -2.31. The first-order valence-corrected chi connectivity index (χ1v) is 9.42. The van der Waals surface area contributed by atoms with Crippen LogP contribution < -0.4 is 5.32 Å². The van der Waals surface area contributed by atoms with Crippen LogP contribution in [0.15, 0.2) is 28.8 Å². The van der Waals surface area contributed by atoms with Gasteiger partial charge in [0.05, 0.1) is 11.6 Å². The average molecular weight is 374 g/mol. The Bertz CT molecular complexity index is 791. The van der Waals surface area contributed by atoms with Crippen LogP contribution in [0, 0.1) is 5.82 Å². The van der Waals surface area contributed by atoms with Gasteiger partial charge in [0.1, 0.15) is 5.82 Å². The molecule has 2 aliphatic heterocycles. The summed E-state index contributed by atoms with van der Waals surface area (Å²) in [5.74, 6) is 1.16. The first-order valence-electron chi connectivity index (χ1n) is 9.42. The zero-order valence-electron chi connectivity index (χ0n) is 15.1. The van der Waals surface area contributed by atoms with Gasteiger partial charge in [-0.05, 0) is 37.8 Å². The Hall–Kier alpha value is -2.48. The topological polar surface area (TPSA) is 80.5 Å². The molecule has 144 valence electrons. The van der Waals surface area contributed by atoms with Gasteiger partial charge in [0.15, 0.2) is 5.82 Å². The molecule has 0 radical (unpaired) electrons. The van der Waals surface area contributed by atoms with Gasteiger partial charge in [-0.3, -0.25) is 0 Å². The number of anilines is 1. The first kappa shape index (κ1) is 17.9. The SMILES string of the molecule is O=C(Nc1ccccc1F)N1CCCC(c2nc(C3CCOCC3)no2)C1. The van der Waals surface area contributed by atoms with Gasteiger partial charge in [-0.1, -0.05) is 17.3 Å². The van der Waals surface area contributed by atoms with Gasteiger partial charge in [-0.2, -0.15) is 4.98 Å². The minimum atomic E-state index is -0.447. The van der Waals surface area contributed by atoms with E-state index in [0.29, 0.717) is 19.0 Å². The van der Waals surface area contributed by atoms with E-state index >= 15 is 0 Å². The fourth-order valence-corrected chi connectivity index (χ4v) is 3.65. The molecule has 3 heterocycles. The number of hydrogen-bond acceptors (Lipinski definition) is 5. The number of rotatable bonds is 3. The second-order valence-electron chi connectivity index (χ2n) is 7.07. The number of para-hydroxylation sites is 1. The quantitative estimate of drug-likeness (QED) is 0.889. The van der Waals surface area contributed by atoms with Crippen LogP contribution in [0.2, 0.25) is 0 Å². The van der Waals surface area contributed by atoms with Crippen molar-refractivity contribution in [3.63, 3.8) is 0 Å².